The van der Waals surface area contributed by atoms with Crippen LogP contribution in [0.2, 0.25) is 0 Å². The van der Waals surface area contributed by atoms with Crippen LogP contribution in [0, 0.1) is 12.7 Å². The number of fused-ring (bicyclic) bond motifs is 1. The van der Waals surface area contributed by atoms with Gasteiger partial charge in [0.15, 0.2) is 5.78 Å². The number of nitrogens with zero attached hydrogens (tertiary/aromatic N) is 1. The van der Waals surface area contributed by atoms with Gasteiger partial charge in [-0.3, -0.25) is 9.59 Å². The maximum atomic E-state index is 13.2. The maximum absolute atomic E-state index is 13.2. The van der Waals surface area contributed by atoms with Gasteiger partial charge in [0.25, 0.3) is 5.91 Å². The molecule has 0 saturated heterocycles. The van der Waals surface area contributed by atoms with E-state index < -0.39 is 0 Å². The van der Waals surface area contributed by atoms with Crippen LogP contribution < -0.4 is 5.32 Å². The first kappa shape index (κ1) is 18.3. The molecule has 138 valence electrons. The largest absolute Gasteiger partial charge is 0.354 e. The highest BCUT2D eigenvalue weighted by Crippen LogP contribution is 2.26. The number of aryl methyl sites for hydroxylation is 1. The molecule has 1 amide bonds. The molecule has 1 aliphatic rings. The summed E-state index contributed by atoms with van der Waals surface area (Å²) in [6, 6.07) is 6.21. The predicted octanol–water partition coefficient (Wildman–Crippen LogP) is 3.01. The lowest BCUT2D eigenvalue weighted by molar-refractivity contribution is 0.0936. The smallest absolute Gasteiger partial charge is 0.268 e. The van der Waals surface area contributed by atoms with E-state index in [1.54, 1.807) is 12.1 Å². The number of halogens is 1. The number of aromatic nitrogens is 1. The van der Waals surface area contributed by atoms with E-state index in [1.807, 2.05) is 25.9 Å². The monoisotopic (exact) mass is 357 g/mol. The van der Waals surface area contributed by atoms with Crippen LogP contribution in [0.4, 0.5) is 4.39 Å². The van der Waals surface area contributed by atoms with E-state index in [9.17, 15) is 14.0 Å². The molecule has 0 bridgehead atoms. The van der Waals surface area contributed by atoms with E-state index in [0.29, 0.717) is 24.2 Å². The summed E-state index contributed by atoms with van der Waals surface area (Å²) in [5.74, 6) is -0.400. The van der Waals surface area contributed by atoms with Crippen molar-refractivity contribution in [1.29, 1.82) is 0 Å². The van der Waals surface area contributed by atoms with Gasteiger partial charge in [-0.15, -0.1) is 0 Å². The van der Waals surface area contributed by atoms with Gasteiger partial charge in [0.05, 0.1) is 6.04 Å². The second-order valence-corrected chi connectivity index (χ2v) is 7.00. The molecule has 2 aromatic rings. The van der Waals surface area contributed by atoms with Crippen LogP contribution >= 0.6 is 0 Å². The van der Waals surface area contributed by atoms with E-state index in [4.69, 9.17) is 0 Å². The predicted molar refractivity (Wildman–Crippen MR) is 98.0 cm³/mol. The molecule has 2 N–H and O–H groups in total. The molecule has 0 aliphatic heterocycles. The first-order valence-corrected chi connectivity index (χ1v) is 8.83. The van der Waals surface area contributed by atoms with Crippen LogP contribution in [0.1, 0.15) is 56.6 Å². The Bertz CT molecular complexity index is 824. The minimum atomic E-state index is -0.285. The molecule has 1 unspecified atom stereocenters. The second-order valence-electron chi connectivity index (χ2n) is 7.00. The Morgan fingerprint density at radius 1 is 1.27 bits per heavy atom. The number of ketones is 1. The van der Waals surface area contributed by atoms with Crippen molar-refractivity contribution in [3.8, 4) is 0 Å². The Labute approximate surface area is 152 Å². The highest BCUT2D eigenvalue weighted by molar-refractivity contribution is 6.04. The number of carbonyl (C=O) groups excluding carboxylic acids is 2. The Balaban J connectivity index is 1.75. The number of nitrogens with one attached hydrogen (secondary N) is 2. The number of benzene rings is 1. The molecule has 3 rings (SSSR count). The summed E-state index contributed by atoms with van der Waals surface area (Å²) in [6.07, 6.45) is 2.16. The van der Waals surface area contributed by atoms with E-state index in [2.05, 4.69) is 10.3 Å². The fourth-order valence-electron chi connectivity index (χ4n) is 3.56. The van der Waals surface area contributed by atoms with Crippen molar-refractivity contribution in [2.75, 3.05) is 20.6 Å². The first-order chi connectivity index (χ1) is 12.4. The van der Waals surface area contributed by atoms with Crippen molar-refractivity contribution in [2.24, 2.45) is 0 Å². The molecule has 1 aliphatic carbocycles. The summed E-state index contributed by atoms with van der Waals surface area (Å²) >= 11 is 0. The summed E-state index contributed by atoms with van der Waals surface area (Å²) in [7, 11) is 3.83. The molecule has 0 spiro atoms. The van der Waals surface area contributed by atoms with Gasteiger partial charge in [0.1, 0.15) is 11.5 Å². The number of likely N-dealkylation sites (N-methyl/N-ethyl adjacent to an activating group) is 1. The topological polar surface area (TPSA) is 65.2 Å². The van der Waals surface area contributed by atoms with E-state index in [1.165, 1.54) is 12.1 Å². The Kier molecular flexibility index (Phi) is 5.23. The molecule has 1 heterocycles. The second kappa shape index (κ2) is 7.41. The van der Waals surface area contributed by atoms with Crippen LogP contribution in [0.5, 0.6) is 0 Å². The van der Waals surface area contributed by atoms with Crippen molar-refractivity contribution in [3.05, 3.63) is 58.2 Å². The SMILES string of the molecule is Cc1c(C(=O)NCC(c2ccc(F)cc2)N(C)C)[nH]c2c1C(=O)CCC2. The Morgan fingerprint density at radius 2 is 1.96 bits per heavy atom. The Morgan fingerprint density at radius 3 is 2.58 bits per heavy atom. The summed E-state index contributed by atoms with van der Waals surface area (Å²) in [5, 5.41) is 2.94. The lowest BCUT2D eigenvalue weighted by Gasteiger charge is -2.25. The quantitative estimate of drug-likeness (QED) is 0.865. The summed E-state index contributed by atoms with van der Waals surface area (Å²) in [5.41, 5.74) is 3.66. The van der Waals surface area contributed by atoms with Crippen molar-refractivity contribution in [1.82, 2.24) is 15.2 Å². The fraction of sp³-hybridized carbons (Fsp3) is 0.400. The number of hydrogen-bond donors (Lipinski definition) is 2. The lowest BCUT2D eigenvalue weighted by atomic mass is 9.94. The molecule has 5 nitrogen and oxygen atoms in total. The summed E-state index contributed by atoms with van der Waals surface area (Å²) in [6.45, 7) is 2.20. The zero-order chi connectivity index (χ0) is 18.8. The zero-order valence-electron chi connectivity index (χ0n) is 15.4. The van der Waals surface area contributed by atoms with Gasteiger partial charge >= 0.3 is 0 Å². The average Bonchev–Trinajstić information content (AvgIpc) is 2.94. The molecule has 0 saturated carbocycles. The average molecular weight is 357 g/mol. The number of amides is 1. The zero-order valence-corrected chi connectivity index (χ0v) is 15.4. The van der Waals surface area contributed by atoms with Gasteiger partial charge in [-0.25, -0.2) is 4.39 Å². The lowest BCUT2D eigenvalue weighted by Crippen LogP contribution is -2.35. The number of H-pyrrole nitrogens is 1. The van der Waals surface area contributed by atoms with Crippen LogP contribution in [-0.4, -0.2) is 42.2 Å². The molecule has 6 heteroatoms. The van der Waals surface area contributed by atoms with E-state index >= 15 is 0 Å². The van der Waals surface area contributed by atoms with Crippen molar-refractivity contribution in [2.45, 2.75) is 32.2 Å². The maximum Gasteiger partial charge on any atom is 0.268 e. The van der Waals surface area contributed by atoms with Gasteiger partial charge < -0.3 is 15.2 Å². The molecule has 0 fully saturated rings. The molecular weight excluding hydrogens is 333 g/mol. The van der Waals surface area contributed by atoms with Crippen LogP contribution in [-0.2, 0) is 6.42 Å². The highest BCUT2D eigenvalue weighted by Gasteiger charge is 2.26. The third-order valence-electron chi connectivity index (χ3n) is 5.00. The van der Waals surface area contributed by atoms with Crippen LogP contribution in [0.25, 0.3) is 0 Å². The number of rotatable bonds is 5. The Hall–Kier alpha value is -2.47. The van der Waals surface area contributed by atoms with Crippen molar-refractivity contribution in [3.63, 3.8) is 0 Å². The van der Waals surface area contributed by atoms with Crippen LogP contribution in [0.15, 0.2) is 24.3 Å². The molecular formula is C20H24FN3O2. The van der Waals surface area contributed by atoms with E-state index in [-0.39, 0.29) is 23.5 Å². The van der Waals surface area contributed by atoms with Crippen molar-refractivity contribution < 1.29 is 14.0 Å². The standard InChI is InChI=1S/C20H24FN3O2/c1-12-18-15(5-4-6-17(18)25)23-19(12)20(26)22-11-16(24(2)3)13-7-9-14(21)10-8-13/h7-10,16,23H,4-6,11H2,1-3H3,(H,22,26). The number of carbonyl (C=O) groups is 2. The normalized spacial score (nSPS) is 15.0. The minimum Gasteiger partial charge on any atom is -0.354 e. The molecule has 26 heavy (non-hydrogen) atoms. The van der Waals surface area contributed by atoms with Gasteiger partial charge in [0, 0.05) is 24.2 Å². The van der Waals surface area contributed by atoms with Gasteiger partial charge in [0.2, 0.25) is 0 Å². The summed E-state index contributed by atoms with van der Waals surface area (Å²) in [4.78, 5) is 29.9. The molecule has 1 atom stereocenters. The fourth-order valence-corrected chi connectivity index (χ4v) is 3.56. The van der Waals surface area contributed by atoms with Crippen LogP contribution in [0.3, 0.4) is 0 Å². The van der Waals surface area contributed by atoms with Gasteiger partial charge in [-0.1, -0.05) is 12.1 Å². The highest BCUT2D eigenvalue weighted by atomic mass is 19.1. The third-order valence-corrected chi connectivity index (χ3v) is 5.00. The number of hydrogen-bond acceptors (Lipinski definition) is 3. The number of Topliss-reactive ketones (excluding diaryl/α,β-unsaturated/α-hetero) is 1. The minimum absolute atomic E-state index is 0.0777. The molecule has 1 aromatic carbocycles. The van der Waals surface area contributed by atoms with Crippen molar-refractivity contribution >= 4 is 11.7 Å². The van der Waals surface area contributed by atoms with Gasteiger partial charge in [-0.05, 0) is 57.1 Å². The molecule has 0 radical (unpaired) electrons. The number of aromatic amines is 1. The van der Waals surface area contributed by atoms with Gasteiger partial charge in [-0.2, -0.15) is 0 Å². The molecule has 1 aromatic heterocycles. The van der Waals surface area contributed by atoms with E-state index in [0.717, 1.165) is 29.7 Å². The summed E-state index contributed by atoms with van der Waals surface area (Å²) < 4.78 is 13.2. The first-order valence-electron chi connectivity index (χ1n) is 8.83. The third kappa shape index (κ3) is 3.55.